The van der Waals surface area contributed by atoms with Gasteiger partial charge in [-0.25, -0.2) is 10.4 Å². The summed E-state index contributed by atoms with van der Waals surface area (Å²) in [5.74, 6) is 0.162. The molecule has 0 spiro atoms. The van der Waals surface area contributed by atoms with E-state index in [1.165, 1.54) is 0 Å². The van der Waals surface area contributed by atoms with E-state index < -0.39 is 5.56 Å². The molecule has 3 N–H and O–H groups in total. The lowest BCUT2D eigenvalue weighted by atomic mass is 10.1. The maximum Gasteiger partial charge on any atom is 0.270 e. The minimum atomic E-state index is -0.517. The third-order valence-corrected chi connectivity index (χ3v) is 4.04. The van der Waals surface area contributed by atoms with Crippen molar-refractivity contribution in [2.24, 2.45) is 5.10 Å². The van der Waals surface area contributed by atoms with Crippen LogP contribution in [0.4, 0.5) is 5.95 Å². The average molecular weight is 354 g/mol. The number of nitriles is 1. The van der Waals surface area contributed by atoms with Gasteiger partial charge in [-0.1, -0.05) is 42.5 Å². The maximum absolute atomic E-state index is 12.2. The standard InChI is InChI=1S/C20H14N6O/c21-11-16-18(15-4-2-1-3-5-15)24-20(25-19(16)27)26-23-12-13-6-7-14-8-9-22-17(14)10-13/h1-10,12,22H,(H2,24,25,26,27). The number of aromatic amines is 2. The van der Waals surface area contributed by atoms with Crippen LogP contribution < -0.4 is 11.0 Å². The number of H-pyrrole nitrogens is 2. The van der Waals surface area contributed by atoms with Crippen molar-refractivity contribution in [2.45, 2.75) is 0 Å². The number of hydrogen-bond donors (Lipinski definition) is 3. The summed E-state index contributed by atoms with van der Waals surface area (Å²) in [5.41, 5.74) is 5.06. The van der Waals surface area contributed by atoms with Gasteiger partial charge in [-0.15, -0.1) is 0 Å². The first-order chi connectivity index (χ1) is 13.2. The summed E-state index contributed by atoms with van der Waals surface area (Å²) in [6, 6.07) is 18.9. The number of anilines is 1. The van der Waals surface area contributed by atoms with Crippen LogP contribution in [0.1, 0.15) is 11.1 Å². The Hall–Kier alpha value is -4.18. The van der Waals surface area contributed by atoms with Crippen molar-refractivity contribution in [2.75, 3.05) is 5.43 Å². The molecule has 4 aromatic rings. The van der Waals surface area contributed by atoms with Crippen LogP contribution in [0.2, 0.25) is 0 Å². The molecule has 7 heteroatoms. The third-order valence-electron chi connectivity index (χ3n) is 4.04. The quantitative estimate of drug-likeness (QED) is 0.386. The first kappa shape index (κ1) is 16.3. The van der Waals surface area contributed by atoms with E-state index in [-0.39, 0.29) is 11.5 Å². The molecule has 0 aliphatic heterocycles. The van der Waals surface area contributed by atoms with Crippen molar-refractivity contribution < 1.29 is 0 Å². The average Bonchev–Trinajstić information content (AvgIpc) is 3.16. The van der Waals surface area contributed by atoms with E-state index in [4.69, 9.17) is 0 Å². The summed E-state index contributed by atoms with van der Waals surface area (Å²) in [5, 5.41) is 14.5. The minimum Gasteiger partial charge on any atom is -0.361 e. The van der Waals surface area contributed by atoms with Crippen LogP contribution in [-0.4, -0.2) is 21.2 Å². The van der Waals surface area contributed by atoms with Crippen molar-refractivity contribution in [1.82, 2.24) is 15.0 Å². The van der Waals surface area contributed by atoms with Gasteiger partial charge in [-0.05, 0) is 23.1 Å². The molecule has 27 heavy (non-hydrogen) atoms. The van der Waals surface area contributed by atoms with Crippen LogP contribution >= 0.6 is 0 Å². The topological polar surface area (TPSA) is 110 Å². The van der Waals surface area contributed by atoms with Gasteiger partial charge in [0.15, 0.2) is 0 Å². The number of rotatable bonds is 4. The molecule has 2 aromatic heterocycles. The molecule has 0 aliphatic carbocycles. The maximum atomic E-state index is 12.2. The summed E-state index contributed by atoms with van der Waals surface area (Å²) in [6.07, 6.45) is 3.50. The molecular weight excluding hydrogens is 340 g/mol. The Morgan fingerprint density at radius 3 is 2.81 bits per heavy atom. The van der Waals surface area contributed by atoms with E-state index in [9.17, 15) is 10.1 Å². The molecule has 0 saturated carbocycles. The number of hydrogen-bond acceptors (Lipinski definition) is 5. The zero-order valence-electron chi connectivity index (χ0n) is 14.1. The molecular formula is C20H14N6O. The van der Waals surface area contributed by atoms with Crippen molar-refractivity contribution in [3.8, 4) is 17.3 Å². The Kier molecular flexibility index (Phi) is 4.21. The van der Waals surface area contributed by atoms with E-state index in [1.54, 1.807) is 18.3 Å². The molecule has 0 bridgehead atoms. The summed E-state index contributed by atoms with van der Waals surface area (Å²) in [7, 11) is 0. The Morgan fingerprint density at radius 2 is 2.00 bits per heavy atom. The second-order valence-electron chi connectivity index (χ2n) is 5.81. The Balaban J connectivity index is 1.63. The molecule has 0 radical (unpaired) electrons. The van der Waals surface area contributed by atoms with E-state index in [0.29, 0.717) is 11.3 Å². The third kappa shape index (κ3) is 3.32. The van der Waals surface area contributed by atoms with Crippen LogP contribution in [0.5, 0.6) is 0 Å². The first-order valence-electron chi connectivity index (χ1n) is 8.20. The second-order valence-corrected chi connectivity index (χ2v) is 5.81. The van der Waals surface area contributed by atoms with Gasteiger partial charge in [-0.2, -0.15) is 10.4 Å². The second kappa shape index (κ2) is 6.98. The van der Waals surface area contributed by atoms with Crippen molar-refractivity contribution >= 4 is 23.1 Å². The number of nitrogens with one attached hydrogen (secondary N) is 3. The van der Waals surface area contributed by atoms with E-state index in [0.717, 1.165) is 16.5 Å². The molecule has 0 atom stereocenters. The van der Waals surface area contributed by atoms with Gasteiger partial charge in [0.25, 0.3) is 5.56 Å². The monoisotopic (exact) mass is 354 g/mol. The highest BCUT2D eigenvalue weighted by Crippen LogP contribution is 2.19. The van der Waals surface area contributed by atoms with Crippen molar-refractivity contribution in [3.05, 3.63) is 82.3 Å². The Bertz CT molecular complexity index is 1230. The highest BCUT2D eigenvalue weighted by Gasteiger charge is 2.12. The van der Waals surface area contributed by atoms with Gasteiger partial charge < -0.3 is 4.98 Å². The predicted octanol–water partition coefficient (Wildman–Crippen LogP) is 3.24. The van der Waals surface area contributed by atoms with E-state index in [2.05, 4.69) is 25.5 Å². The number of fused-ring (bicyclic) bond motifs is 1. The highest BCUT2D eigenvalue weighted by atomic mass is 16.1. The lowest BCUT2D eigenvalue weighted by Crippen LogP contribution is -2.16. The molecule has 0 saturated heterocycles. The number of nitrogens with zero attached hydrogens (tertiary/aromatic N) is 3. The van der Waals surface area contributed by atoms with Crippen LogP contribution in [0.3, 0.4) is 0 Å². The summed E-state index contributed by atoms with van der Waals surface area (Å²) >= 11 is 0. The summed E-state index contributed by atoms with van der Waals surface area (Å²) < 4.78 is 0. The molecule has 7 nitrogen and oxygen atoms in total. The summed E-state index contributed by atoms with van der Waals surface area (Å²) in [6.45, 7) is 0. The van der Waals surface area contributed by atoms with Gasteiger partial charge in [0, 0.05) is 17.3 Å². The van der Waals surface area contributed by atoms with Crippen molar-refractivity contribution in [1.29, 1.82) is 5.26 Å². The highest BCUT2D eigenvalue weighted by molar-refractivity contribution is 5.88. The molecule has 4 rings (SSSR count). The number of aromatic nitrogens is 3. The van der Waals surface area contributed by atoms with E-state index >= 15 is 0 Å². The molecule has 0 amide bonds. The fourth-order valence-corrected chi connectivity index (χ4v) is 2.75. The number of benzene rings is 2. The van der Waals surface area contributed by atoms with Gasteiger partial charge in [0.2, 0.25) is 5.95 Å². The molecule has 2 heterocycles. The fraction of sp³-hybridized carbons (Fsp3) is 0. The molecule has 0 aliphatic rings. The minimum absolute atomic E-state index is 0.0343. The zero-order valence-corrected chi connectivity index (χ0v) is 14.1. The van der Waals surface area contributed by atoms with Crippen LogP contribution in [0.25, 0.3) is 22.2 Å². The van der Waals surface area contributed by atoms with Crippen LogP contribution in [0.15, 0.2) is 70.7 Å². The lowest BCUT2D eigenvalue weighted by Gasteiger charge is -2.05. The van der Waals surface area contributed by atoms with Gasteiger partial charge >= 0.3 is 0 Å². The van der Waals surface area contributed by atoms with Gasteiger partial charge in [0.1, 0.15) is 11.6 Å². The van der Waals surface area contributed by atoms with Gasteiger partial charge in [-0.3, -0.25) is 9.78 Å². The summed E-state index contributed by atoms with van der Waals surface area (Å²) in [4.78, 5) is 22.2. The molecule has 0 unspecified atom stereocenters. The molecule has 130 valence electrons. The number of hydrazone groups is 1. The fourth-order valence-electron chi connectivity index (χ4n) is 2.75. The van der Waals surface area contributed by atoms with Crippen LogP contribution in [0, 0.1) is 11.3 Å². The largest absolute Gasteiger partial charge is 0.361 e. The Labute approximate surface area is 154 Å². The van der Waals surface area contributed by atoms with E-state index in [1.807, 2.05) is 54.7 Å². The lowest BCUT2D eigenvalue weighted by molar-refractivity contribution is 1.08. The molecule has 2 aromatic carbocycles. The smallest absolute Gasteiger partial charge is 0.270 e. The normalized spacial score (nSPS) is 10.9. The zero-order chi connectivity index (χ0) is 18.6. The molecule has 0 fully saturated rings. The van der Waals surface area contributed by atoms with Crippen molar-refractivity contribution in [3.63, 3.8) is 0 Å². The SMILES string of the molecule is N#Cc1c(-c2ccccc2)nc(NN=Cc2ccc3cc[nH]c3c2)[nH]c1=O. The van der Waals surface area contributed by atoms with Gasteiger partial charge in [0.05, 0.1) is 11.9 Å². The predicted molar refractivity (Wildman–Crippen MR) is 105 cm³/mol. The van der Waals surface area contributed by atoms with Crippen LogP contribution in [-0.2, 0) is 0 Å². The first-order valence-corrected chi connectivity index (χ1v) is 8.20. The Morgan fingerprint density at radius 1 is 1.15 bits per heavy atom.